The molecule has 0 rings (SSSR count). The van der Waals surface area contributed by atoms with Gasteiger partial charge < -0.3 is 5.32 Å². The number of terminal acetylenes is 1. The quantitative estimate of drug-likeness (QED) is 0.505. The lowest BCUT2D eigenvalue weighted by molar-refractivity contribution is -0.122. The van der Waals surface area contributed by atoms with Crippen molar-refractivity contribution in [1.82, 2.24) is 5.32 Å². The molecule has 1 N–H and O–H groups in total. The number of unbranched alkanes of at least 4 members (excludes halogenated alkanes) is 2. The summed E-state index contributed by atoms with van der Waals surface area (Å²) in [5.41, 5.74) is 0. The summed E-state index contributed by atoms with van der Waals surface area (Å²) in [6.45, 7) is 2.18. The Hall–Kier alpha value is -1.48. The zero-order valence-electron chi connectivity index (χ0n) is 7.84. The summed E-state index contributed by atoms with van der Waals surface area (Å²) in [5.74, 6) is 1.76. The summed E-state index contributed by atoms with van der Waals surface area (Å²) in [6, 6.07) is 1.87. The lowest BCUT2D eigenvalue weighted by Crippen LogP contribution is -2.29. The highest BCUT2D eigenvalue weighted by Gasteiger charge is 2.09. The van der Waals surface area contributed by atoms with Crippen molar-refractivity contribution in [3.8, 4) is 18.4 Å². The average molecular weight is 178 g/mol. The van der Waals surface area contributed by atoms with Gasteiger partial charge >= 0.3 is 0 Å². The van der Waals surface area contributed by atoms with Crippen molar-refractivity contribution in [2.75, 3.05) is 6.54 Å². The first-order chi connectivity index (χ1) is 6.22. The van der Waals surface area contributed by atoms with E-state index in [0.717, 1.165) is 19.3 Å². The molecule has 0 radical (unpaired) electrons. The molecule has 1 amide bonds. The number of hydrogen-bond acceptors (Lipinski definition) is 2. The molecule has 0 saturated heterocycles. The van der Waals surface area contributed by atoms with E-state index in [9.17, 15) is 4.79 Å². The van der Waals surface area contributed by atoms with E-state index in [1.165, 1.54) is 0 Å². The normalized spacial score (nSPS) is 11.0. The van der Waals surface area contributed by atoms with Crippen LogP contribution in [0.15, 0.2) is 0 Å². The molecule has 0 aromatic heterocycles. The Morgan fingerprint density at radius 1 is 1.62 bits per heavy atom. The summed E-state index contributed by atoms with van der Waals surface area (Å²) in [4.78, 5) is 11.0. The number of amides is 1. The second kappa shape index (κ2) is 7.18. The van der Waals surface area contributed by atoms with Crippen LogP contribution < -0.4 is 5.32 Å². The fraction of sp³-hybridized carbons (Fsp3) is 0.600. The fourth-order valence-corrected chi connectivity index (χ4v) is 0.775. The standard InChI is InChI=1S/C10H14N2O/c1-3-4-5-6-7-12-10(13)9(2)8-11/h1,9H,4-7H2,2H3,(H,12,13). The van der Waals surface area contributed by atoms with Gasteiger partial charge in [-0.15, -0.1) is 12.3 Å². The van der Waals surface area contributed by atoms with Crippen molar-refractivity contribution < 1.29 is 4.79 Å². The van der Waals surface area contributed by atoms with Gasteiger partial charge in [0.2, 0.25) is 5.91 Å². The molecule has 0 bridgehead atoms. The smallest absolute Gasteiger partial charge is 0.237 e. The Kier molecular flexibility index (Phi) is 6.37. The molecular formula is C10H14N2O. The molecule has 0 aliphatic heterocycles. The minimum Gasteiger partial charge on any atom is -0.355 e. The van der Waals surface area contributed by atoms with Gasteiger partial charge in [0, 0.05) is 13.0 Å². The summed E-state index contributed by atoms with van der Waals surface area (Å²) in [7, 11) is 0. The van der Waals surface area contributed by atoms with E-state index in [0.29, 0.717) is 6.54 Å². The van der Waals surface area contributed by atoms with Crippen LogP contribution in [-0.2, 0) is 4.79 Å². The van der Waals surface area contributed by atoms with E-state index < -0.39 is 5.92 Å². The van der Waals surface area contributed by atoms with Gasteiger partial charge in [-0.25, -0.2) is 0 Å². The van der Waals surface area contributed by atoms with Crippen LogP contribution in [0, 0.1) is 29.6 Å². The summed E-state index contributed by atoms with van der Waals surface area (Å²) >= 11 is 0. The Morgan fingerprint density at radius 2 is 2.31 bits per heavy atom. The van der Waals surface area contributed by atoms with E-state index in [1.807, 2.05) is 6.07 Å². The van der Waals surface area contributed by atoms with Crippen LogP contribution in [0.1, 0.15) is 26.2 Å². The van der Waals surface area contributed by atoms with Gasteiger partial charge in [-0.1, -0.05) is 0 Å². The minimum atomic E-state index is -0.562. The molecule has 0 fully saturated rings. The maximum absolute atomic E-state index is 11.0. The monoisotopic (exact) mass is 178 g/mol. The molecular weight excluding hydrogens is 164 g/mol. The van der Waals surface area contributed by atoms with Crippen LogP contribution in [0.3, 0.4) is 0 Å². The molecule has 0 aliphatic carbocycles. The molecule has 3 nitrogen and oxygen atoms in total. The first-order valence-corrected chi connectivity index (χ1v) is 4.33. The van der Waals surface area contributed by atoms with Crippen molar-refractivity contribution in [1.29, 1.82) is 5.26 Å². The Labute approximate surface area is 79.1 Å². The van der Waals surface area contributed by atoms with Crippen molar-refractivity contribution in [3.63, 3.8) is 0 Å². The Bertz CT molecular complexity index is 234. The maximum atomic E-state index is 11.0. The Balaban J connectivity index is 3.40. The SMILES string of the molecule is C#CCCCCNC(=O)C(C)C#N. The summed E-state index contributed by atoms with van der Waals surface area (Å²) in [6.07, 6.45) is 7.58. The van der Waals surface area contributed by atoms with Crippen molar-refractivity contribution in [3.05, 3.63) is 0 Å². The van der Waals surface area contributed by atoms with Gasteiger partial charge in [-0.3, -0.25) is 4.79 Å². The zero-order valence-corrected chi connectivity index (χ0v) is 7.84. The Morgan fingerprint density at radius 3 is 2.85 bits per heavy atom. The van der Waals surface area contributed by atoms with Crippen LogP contribution in [-0.4, -0.2) is 12.5 Å². The van der Waals surface area contributed by atoms with Gasteiger partial charge in [0.15, 0.2) is 0 Å². The molecule has 0 spiro atoms. The molecule has 0 saturated carbocycles. The van der Waals surface area contributed by atoms with Crippen LogP contribution in [0.2, 0.25) is 0 Å². The van der Waals surface area contributed by atoms with Crippen molar-refractivity contribution in [2.45, 2.75) is 26.2 Å². The first-order valence-electron chi connectivity index (χ1n) is 4.33. The number of carbonyl (C=O) groups excluding carboxylic acids is 1. The molecule has 1 unspecified atom stereocenters. The van der Waals surface area contributed by atoms with Crippen molar-refractivity contribution >= 4 is 5.91 Å². The van der Waals surface area contributed by atoms with Gasteiger partial charge in [0.1, 0.15) is 5.92 Å². The molecule has 70 valence electrons. The highest BCUT2D eigenvalue weighted by molar-refractivity contribution is 5.80. The minimum absolute atomic E-state index is 0.205. The first kappa shape index (κ1) is 11.5. The third kappa shape index (κ3) is 5.75. The molecule has 0 aromatic carbocycles. The number of rotatable bonds is 5. The predicted octanol–water partition coefficient (Wildman–Crippen LogP) is 1.07. The highest BCUT2D eigenvalue weighted by atomic mass is 16.1. The van der Waals surface area contributed by atoms with E-state index >= 15 is 0 Å². The third-order valence-electron chi connectivity index (χ3n) is 1.63. The zero-order chi connectivity index (χ0) is 10.1. The van der Waals surface area contributed by atoms with Gasteiger partial charge in [-0.05, 0) is 19.8 Å². The summed E-state index contributed by atoms with van der Waals surface area (Å²) in [5, 5.41) is 11.1. The highest BCUT2D eigenvalue weighted by Crippen LogP contribution is 1.94. The van der Waals surface area contributed by atoms with E-state index in [-0.39, 0.29) is 5.91 Å². The lowest BCUT2D eigenvalue weighted by Gasteiger charge is -2.04. The average Bonchev–Trinajstić information content (AvgIpc) is 2.16. The molecule has 0 heterocycles. The number of nitrogens with zero attached hydrogens (tertiary/aromatic N) is 1. The number of hydrogen-bond donors (Lipinski definition) is 1. The molecule has 1 atom stereocenters. The molecule has 3 heteroatoms. The largest absolute Gasteiger partial charge is 0.355 e. The van der Waals surface area contributed by atoms with Crippen LogP contribution >= 0.6 is 0 Å². The lowest BCUT2D eigenvalue weighted by atomic mass is 10.2. The maximum Gasteiger partial charge on any atom is 0.237 e. The van der Waals surface area contributed by atoms with Crippen LogP contribution in [0.5, 0.6) is 0 Å². The van der Waals surface area contributed by atoms with Gasteiger partial charge in [-0.2, -0.15) is 5.26 Å². The molecule has 0 aromatic rings. The predicted molar refractivity (Wildman–Crippen MR) is 50.5 cm³/mol. The van der Waals surface area contributed by atoms with Gasteiger partial charge in [0.05, 0.1) is 6.07 Å². The molecule has 13 heavy (non-hydrogen) atoms. The van der Waals surface area contributed by atoms with Gasteiger partial charge in [0.25, 0.3) is 0 Å². The number of nitriles is 1. The topological polar surface area (TPSA) is 52.9 Å². The fourth-order valence-electron chi connectivity index (χ4n) is 0.775. The third-order valence-corrected chi connectivity index (χ3v) is 1.63. The number of carbonyl (C=O) groups is 1. The number of nitrogens with one attached hydrogen (secondary N) is 1. The van der Waals surface area contributed by atoms with Crippen molar-refractivity contribution in [2.24, 2.45) is 5.92 Å². The van der Waals surface area contributed by atoms with E-state index in [2.05, 4.69) is 11.2 Å². The second-order valence-corrected chi connectivity index (χ2v) is 2.80. The molecule has 0 aliphatic rings. The summed E-state index contributed by atoms with van der Waals surface area (Å²) < 4.78 is 0. The van der Waals surface area contributed by atoms with E-state index in [4.69, 9.17) is 11.7 Å². The van der Waals surface area contributed by atoms with Crippen LogP contribution in [0.25, 0.3) is 0 Å². The second-order valence-electron chi connectivity index (χ2n) is 2.80. The van der Waals surface area contributed by atoms with Crippen LogP contribution in [0.4, 0.5) is 0 Å². The van der Waals surface area contributed by atoms with E-state index in [1.54, 1.807) is 6.92 Å².